The number of hydrogen-bond acceptors (Lipinski definition) is 4. The summed E-state index contributed by atoms with van der Waals surface area (Å²) in [5.74, 6) is -0.131. The summed E-state index contributed by atoms with van der Waals surface area (Å²) in [5, 5.41) is 3.55. The van der Waals surface area contributed by atoms with Gasteiger partial charge in [0.05, 0.1) is 12.1 Å². The van der Waals surface area contributed by atoms with E-state index in [2.05, 4.69) is 12.2 Å². The van der Waals surface area contributed by atoms with E-state index in [-0.39, 0.29) is 23.3 Å². The van der Waals surface area contributed by atoms with Gasteiger partial charge in [-0.3, -0.25) is 14.5 Å². The number of piperidine rings is 1. The number of rotatable bonds is 4. The van der Waals surface area contributed by atoms with E-state index < -0.39 is 0 Å². The Morgan fingerprint density at radius 3 is 2.71 bits per heavy atom. The summed E-state index contributed by atoms with van der Waals surface area (Å²) in [4.78, 5) is 25.1. The van der Waals surface area contributed by atoms with Gasteiger partial charge in [0.2, 0.25) is 11.8 Å². The maximum absolute atomic E-state index is 12.2. The van der Waals surface area contributed by atoms with Crippen LogP contribution < -0.4 is 5.32 Å². The summed E-state index contributed by atoms with van der Waals surface area (Å²) in [5.41, 5.74) is 0.232. The second-order valence-electron chi connectivity index (χ2n) is 6.72. The largest absolute Gasteiger partial charge is 0.378 e. The summed E-state index contributed by atoms with van der Waals surface area (Å²) >= 11 is 0. The average molecular weight is 294 g/mol. The van der Waals surface area contributed by atoms with E-state index in [1.807, 2.05) is 0 Å². The predicted molar refractivity (Wildman–Crippen MR) is 78.7 cm³/mol. The second kappa shape index (κ2) is 5.69. The molecular weight excluding hydrogens is 268 g/mol. The van der Waals surface area contributed by atoms with E-state index >= 15 is 0 Å². The van der Waals surface area contributed by atoms with Crippen molar-refractivity contribution in [1.82, 2.24) is 10.2 Å². The molecule has 118 valence electrons. The van der Waals surface area contributed by atoms with Crippen LogP contribution in [0.4, 0.5) is 0 Å². The Kier molecular flexibility index (Phi) is 4.06. The average Bonchev–Trinajstić information content (AvgIpc) is 2.98. The molecule has 0 aromatic carbocycles. The van der Waals surface area contributed by atoms with E-state index in [1.54, 1.807) is 7.05 Å². The van der Waals surface area contributed by atoms with Gasteiger partial charge in [-0.25, -0.2) is 0 Å². The smallest absolute Gasteiger partial charge is 0.246 e. The van der Waals surface area contributed by atoms with Crippen molar-refractivity contribution in [2.45, 2.75) is 70.1 Å². The number of likely N-dealkylation sites (tertiary alicyclic amines) is 1. The molecule has 0 aromatic heterocycles. The molecule has 21 heavy (non-hydrogen) atoms. The van der Waals surface area contributed by atoms with Gasteiger partial charge in [0.1, 0.15) is 0 Å². The molecule has 0 radical (unpaired) electrons. The minimum absolute atomic E-state index is 0.0607. The maximum atomic E-state index is 12.2. The highest BCUT2D eigenvalue weighted by Gasteiger charge is 2.57. The number of carbonyl (C=O) groups is 2. The Hall–Kier alpha value is -0.940. The molecule has 1 N–H and O–H groups in total. The Morgan fingerprint density at radius 1 is 1.33 bits per heavy atom. The SMILES string of the molecule is CCOC1CC(NC2CCC(=O)N(C)C2=O)C12CCCC2. The first-order valence-corrected chi connectivity index (χ1v) is 8.26. The lowest BCUT2D eigenvalue weighted by atomic mass is 9.60. The van der Waals surface area contributed by atoms with Crippen molar-refractivity contribution in [2.75, 3.05) is 13.7 Å². The number of nitrogens with zero attached hydrogens (tertiary/aromatic N) is 1. The van der Waals surface area contributed by atoms with Crippen molar-refractivity contribution < 1.29 is 14.3 Å². The monoisotopic (exact) mass is 294 g/mol. The third kappa shape index (κ3) is 2.40. The summed E-state index contributed by atoms with van der Waals surface area (Å²) in [6, 6.07) is 0.171. The number of amides is 2. The lowest BCUT2D eigenvalue weighted by molar-refractivity contribution is -0.153. The molecule has 5 heteroatoms. The highest BCUT2D eigenvalue weighted by atomic mass is 16.5. The zero-order valence-electron chi connectivity index (χ0n) is 13.1. The predicted octanol–water partition coefficient (Wildman–Crippen LogP) is 1.46. The number of ether oxygens (including phenoxy) is 1. The van der Waals surface area contributed by atoms with Gasteiger partial charge in [0.25, 0.3) is 0 Å². The third-order valence-corrected chi connectivity index (χ3v) is 5.74. The first-order valence-electron chi connectivity index (χ1n) is 8.26. The fourth-order valence-electron chi connectivity index (χ4n) is 4.43. The van der Waals surface area contributed by atoms with Gasteiger partial charge < -0.3 is 10.1 Å². The highest BCUT2D eigenvalue weighted by molar-refractivity contribution is 6.00. The molecule has 1 heterocycles. The van der Waals surface area contributed by atoms with Crippen molar-refractivity contribution in [2.24, 2.45) is 5.41 Å². The molecular formula is C16H26N2O3. The van der Waals surface area contributed by atoms with E-state index in [0.717, 1.165) is 13.0 Å². The lowest BCUT2D eigenvalue weighted by Crippen LogP contribution is -2.66. The fraction of sp³-hybridized carbons (Fsp3) is 0.875. The summed E-state index contributed by atoms with van der Waals surface area (Å²) in [7, 11) is 1.59. The van der Waals surface area contributed by atoms with Gasteiger partial charge in [-0.2, -0.15) is 0 Å². The van der Waals surface area contributed by atoms with Crippen LogP contribution in [-0.2, 0) is 14.3 Å². The van der Waals surface area contributed by atoms with E-state index in [1.165, 1.54) is 30.6 Å². The topological polar surface area (TPSA) is 58.6 Å². The van der Waals surface area contributed by atoms with Crippen LogP contribution in [0, 0.1) is 5.41 Å². The van der Waals surface area contributed by atoms with Crippen LogP contribution in [-0.4, -0.2) is 48.6 Å². The molecule has 5 nitrogen and oxygen atoms in total. The number of imide groups is 1. The summed E-state index contributed by atoms with van der Waals surface area (Å²) in [6.07, 6.45) is 7.37. The first kappa shape index (κ1) is 15.0. The molecule has 3 aliphatic rings. The Labute approximate surface area is 126 Å². The number of likely N-dealkylation sites (N-methyl/N-ethyl adjacent to an activating group) is 1. The van der Waals surface area contributed by atoms with E-state index in [4.69, 9.17) is 4.74 Å². The number of carbonyl (C=O) groups excluding carboxylic acids is 2. The van der Waals surface area contributed by atoms with Crippen LogP contribution in [0.2, 0.25) is 0 Å². The zero-order chi connectivity index (χ0) is 15.0. The molecule has 3 fully saturated rings. The van der Waals surface area contributed by atoms with Crippen LogP contribution in [0.25, 0.3) is 0 Å². The first-order chi connectivity index (χ1) is 10.1. The van der Waals surface area contributed by atoms with Crippen LogP contribution >= 0.6 is 0 Å². The number of nitrogens with one attached hydrogen (secondary N) is 1. The maximum Gasteiger partial charge on any atom is 0.246 e. The molecule has 2 amide bonds. The van der Waals surface area contributed by atoms with E-state index in [0.29, 0.717) is 25.0 Å². The highest BCUT2D eigenvalue weighted by Crippen LogP contribution is 2.54. The molecule has 1 aliphatic heterocycles. The van der Waals surface area contributed by atoms with Crippen LogP contribution in [0.15, 0.2) is 0 Å². The summed E-state index contributed by atoms with van der Waals surface area (Å²) in [6.45, 7) is 2.81. The molecule has 2 saturated carbocycles. The standard InChI is InChI=1S/C16H26N2O3/c1-3-21-13-10-12(16(13)8-4-5-9-16)17-11-6-7-14(19)18(2)15(11)20/h11-13,17H,3-10H2,1-2H3. The van der Waals surface area contributed by atoms with E-state index in [9.17, 15) is 9.59 Å². The molecule has 0 aromatic rings. The minimum atomic E-state index is -0.197. The molecule has 3 atom stereocenters. The van der Waals surface area contributed by atoms with Gasteiger partial charge in [0.15, 0.2) is 0 Å². The van der Waals surface area contributed by atoms with Crippen LogP contribution in [0.5, 0.6) is 0 Å². The molecule has 0 bridgehead atoms. The Bertz CT molecular complexity index is 431. The Morgan fingerprint density at radius 2 is 2.05 bits per heavy atom. The van der Waals surface area contributed by atoms with Crippen molar-refractivity contribution in [3.05, 3.63) is 0 Å². The molecule has 3 unspecified atom stereocenters. The fourth-order valence-corrected chi connectivity index (χ4v) is 4.43. The second-order valence-corrected chi connectivity index (χ2v) is 6.72. The van der Waals surface area contributed by atoms with Gasteiger partial charge >= 0.3 is 0 Å². The molecule has 1 saturated heterocycles. The normalized spacial score (nSPS) is 35.3. The Balaban J connectivity index is 1.65. The van der Waals surface area contributed by atoms with Gasteiger partial charge in [-0.05, 0) is 32.6 Å². The minimum Gasteiger partial charge on any atom is -0.378 e. The van der Waals surface area contributed by atoms with Crippen molar-refractivity contribution in [1.29, 1.82) is 0 Å². The lowest BCUT2D eigenvalue weighted by Gasteiger charge is -2.55. The van der Waals surface area contributed by atoms with Crippen molar-refractivity contribution in [3.63, 3.8) is 0 Å². The van der Waals surface area contributed by atoms with Crippen molar-refractivity contribution in [3.8, 4) is 0 Å². The van der Waals surface area contributed by atoms with Crippen LogP contribution in [0.1, 0.15) is 51.9 Å². The van der Waals surface area contributed by atoms with Crippen LogP contribution in [0.3, 0.4) is 0 Å². The summed E-state index contributed by atoms with van der Waals surface area (Å²) < 4.78 is 5.91. The van der Waals surface area contributed by atoms with Gasteiger partial charge in [-0.15, -0.1) is 0 Å². The zero-order valence-corrected chi connectivity index (χ0v) is 13.1. The van der Waals surface area contributed by atoms with Crippen molar-refractivity contribution >= 4 is 11.8 Å². The molecule has 2 aliphatic carbocycles. The quantitative estimate of drug-likeness (QED) is 0.798. The van der Waals surface area contributed by atoms with Gasteiger partial charge in [0, 0.05) is 31.5 Å². The molecule has 1 spiro atoms. The number of hydrogen-bond donors (Lipinski definition) is 1. The van der Waals surface area contributed by atoms with Gasteiger partial charge in [-0.1, -0.05) is 12.8 Å². The molecule has 3 rings (SSSR count). The third-order valence-electron chi connectivity index (χ3n) is 5.74.